The van der Waals surface area contributed by atoms with Gasteiger partial charge in [-0.25, -0.2) is 0 Å². The van der Waals surface area contributed by atoms with Crippen molar-refractivity contribution >= 4 is 5.69 Å². The van der Waals surface area contributed by atoms with Crippen molar-refractivity contribution in [3.8, 4) is 11.8 Å². The fraction of sp³-hybridized carbons (Fsp3) is 0.0714. The van der Waals surface area contributed by atoms with Crippen molar-refractivity contribution in [2.24, 2.45) is 0 Å². The highest BCUT2D eigenvalue weighted by Crippen LogP contribution is 2.25. The molecular weight excluding hydrogens is 212 g/mol. The second-order valence-electron chi connectivity index (χ2n) is 3.60. The molecule has 2 aromatic rings. The number of hydrogen-bond donors (Lipinski definition) is 1. The highest BCUT2D eigenvalue weighted by atomic mass is 16.5. The summed E-state index contributed by atoms with van der Waals surface area (Å²) >= 11 is 0. The maximum Gasteiger partial charge on any atom is 0.144 e. The summed E-state index contributed by atoms with van der Waals surface area (Å²) in [7, 11) is 0. The van der Waals surface area contributed by atoms with Gasteiger partial charge in [-0.2, -0.15) is 5.26 Å². The van der Waals surface area contributed by atoms with Crippen LogP contribution in [0, 0.1) is 11.3 Å². The fourth-order valence-electron chi connectivity index (χ4n) is 1.50. The predicted octanol–water partition coefficient (Wildman–Crippen LogP) is 2.72. The van der Waals surface area contributed by atoms with E-state index in [1.54, 1.807) is 18.2 Å². The molecule has 0 amide bonds. The SMILES string of the molecule is N#Cc1cccc(OCc2ccccc2)c1N. The van der Waals surface area contributed by atoms with Crippen molar-refractivity contribution in [3.05, 3.63) is 59.7 Å². The number of nitrogens with zero attached hydrogens (tertiary/aromatic N) is 1. The molecule has 0 bridgehead atoms. The van der Waals surface area contributed by atoms with Crippen molar-refractivity contribution in [1.82, 2.24) is 0 Å². The maximum absolute atomic E-state index is 8.84. The second kappa shape index (κ2) is 5.04. The van der Waals surface area contributed by atoms with Gasteiger partial charge in [-0.1, -0.05) is 36.4 Å². The number of para-hydroxylation sites is 1. The van der Waals surface area contributed by atoms with Gasteiger partial charge < -0.3 is 10.5 Å². The van der Waals surface area contributed by atoms with Gasteiger partial charge >= 0.3 is 0 Å². The van der Waals surface area contributed by atoms with Gasteiger partial charge in [0, 0.05) is 0 Å². The Kier molecular flexibility index (Phi) is 3.27. The Morgan fingerprint density at radius 3 is 2.53 bits per heavy atom. The first kappa shape index (κ1) is 11.0. The number of benzene rings is 2. The predicted molar refractivity (Wildman–Crippen MR) is 66.3 cm³/mol. The van der Waals surface area contributed by atoms with Gasteiger partial charge in [-0.3, -0.25) is 0 Å². The van der Waals surface area contributed by atoms with Crippen molar-refractivity contribution in [1.29, 1.82) is 5.26 Å². The Morgan fingerprint density at radius 1 is 1.06 bits per heavy atom. The summed E-state index contributed by atoms with van der Waals surface area (Å²) in [6, 6.07) is 17.0. The number of ether oxygens (including phenoxy) is 1. The fourth-order valence-corrected chi connectivity index (χ4v) is 1.50. The Labute approximate surface area is 100 Å². The second-order valence-corrected chi connectivity index (χ2v) is 3.60. The standard InChI is InChI=1S/C14H12N2O/c15-9-12-7-4-8-13(14(12)16)17-10-11-5-2-1-3-6-11/h1-8H,10,16H2. The number of nitrogens with two attached hydrogens (primary N) is 1. The molecule has 3 heteroatoms. The molecular formula is C14H12N2O. The third-order valence-corrected chi connectivity index (χ3v) is 2.42. The lowest BCUT2D eigenvalue weighted by atomic mass is 10.2. The van der Waals surface area contributed by atoms with Crippen LogP contribution in [0.1, 0.15) is 11.1 Å². The Balaban J connectivity index is 2.13. The largest absolute Gasteiger partial charge is 0.487 e. The average molecular weight is 224 g/mol. The van der Waals surface area contributed by atoms with Crippen molar-refractivity contribution in [3.63, 3.8) is 0 Å². The van der Waals surface area contributed by atoms with E-state index in [2.05, 4.69) is 0 Å². The van der Waals surface area contributed by atoms with Gasteiger partial charge in [-0.05, 0) is 17.7 Å². The van der Waals surface area contributed by atoms with E-state index in [1.165, 1.54) is 0 Å². The van der Waals surface area contributed by atoms with Crippen LogP contribution >= 0.6 is 0 Å². The van der Waals surface area contributed by atoms with Crippen molar-refractivity contribution in [2.45, 2.75) is 6.61 Å². The zero-order valence-electron chi connectivity index (χ0n) is 9.26. The summed E-state index contributed by atoms with van der Waals surface area (Å²) in [4.78, 5) is 0. The molecule has 3 nitrogen and oxygen atoms in total. The molecule has 0 fully saturated rings. The van der Waals surface area contributed by atoms with Gasteiger partial charge in [0.15, 0.2) is 0 Å². The quantitative estimate of drug-likeness (QED) is 0.815. The van der Waals surface area contributed by atoms with E-state index in [0.29, 0.717) is 23.6 Å². The van der Waals surface area contributed by atoms with E-state index in [0.717, 1.165) is 5.56 Å². The van der Waals surface area contributed by atoms with E-state index in [9.17, 15) is 0 Å². The summed E-state index contributed by atoms with van der Waals surface area (Å²) in [6.07, 6.45) is 0. The smallest absolute Gasteiger partial charge is 0.144 e. The molecule has 17 heavy (non-hydrogen) atoms. The minimum Gasteiger partial charge on any atom is -0.487 e. The lowest BCUT2D eigenvalue weighted by Crippen LogP contribution is -2.00. The first-order valence-corrected chi connectivity index (χ1v) is 5.26. The van der Waals surface area contributed by atoms with Gasteiger partial charge in [0.1, 0.15) is 18.4 Å². The molecule has 2 N–H and O–H groups in total. The zero-order chi connectivity index (χ0) is 12.1. The van der Waals surface area contributed by atoms with Gasteiger partial charge in [0.2, 0.25) is 0 Å². The van der Waals surface area contributed by atoms with Crippen molar-refractivity contribution < 1.29 is 4.74 Å². The molecule has 0 radical (unpaired) electrons. The van der Waals surface area contributed by atoms with Crippen LogP contribution in [0.4, 0.5) is 5.69 Å². The monoisotopic (exact) mass is 224 g/mol. The summed E-state index contributed by atoms with van der Waals surface area (Å²) in [5.41, 5.74) is 7.71. The third kappa shape index (κ3) is 2.56. The van der Waals surface area contributed by atoms with Crippen LogP contribution in [-0.4, -0.2) is 0 Å². The van der Waals surface area contributed by atoms with E-state index in [-0.39, 0.29) is 0 Å². The lowest BCUT2D eigenvalue weighted by Gasteiger charge is -2.09. The molecule has 0 saturated carbocycles. The zero-order valence-corrected chi connectivity index (χ0v) is 9.26. The normalized spacial score (nSPS) is 9.59. The molecule has 84 valence electrons. The van der Waals surface area contributed by atoms with Gasteiger partial charge in [-0.15, -0.1) is 0 Å². The lowest BCUT2D eigenvalue weighted by molar-refractivity contribution is 0.308. The number of nitriles is 1. The van der Waals surface area contributed by atoms with Crippen LogP contribution in [0.2, 0.25) is 0 Å². The number of hydrogen-bond acceptors (Lipinski definition) is 3. The third-order valence-electron chi connectivity index (χ3n) is 2.42. The van der Waals surface area contributed by atoms with E-state index in [4.69, 9.17) is 15.7 Å². The minimum absolute atomic E-state index is 0.394. The molecule has 0 aliphatic carbocycles. The molecule has 0 aliphatic heterocycles. The first-order valence-electron chi connectivity index (χ1n) is 5.26. The Bertz CT molecular complexity index is 544. The molecule has 2 rings (SSSR count). The topological polar surface area (TPSA) is 59.0 Å². The molecule has 0 saturated heterocycles. The number of rotatable bonds is 3. The van der Waals surface area contributed by atoms with Crippen LogP contribution in [0.25, 0.3) is 0 Å². The molecule has 0 heterocycles. The highest BCUT2D eigenvalue weighted by molar-refractivity contribution is 5.63. The van der Waals surface area contributed by atoms with Crippen LogP contribution in [0.3, 0.4) is 0 Å². The summed E-state index contributed by atoms with van der Waals surface area (Å²) < 4.78 is 5.59. The van der Waals surface area contributed by atoms with Crippen LogP contribution < -0.4 is 10.5 Å². The minimum atomic E-state index is 0.394. The molecule has 0 atom stereocenters. The molecule has 0 spiro atoms. The van der Waals surface area contributed by atoms with E-state index in [1.807, 2.05) is 36.4 Å². The summed E-state index contributed by atoms with van der Waals surface area (Å²) in [5, 5.41) is 8.84. The highest BCUT2D eigenvalue weighted by Gasteiger charge is 2.05. The number of anilines is 1. The molecule has 0 aliphatic rings. The summed E-state index contributed by atoms with van der Waals surface area (Å²) in [5.74, 6) is 0.549. The number of nitrogen functional groups attached to an aromatic ring is 1. The van der Waals surface area contributed by atoms with Crippen LogP contribution in [0.5, 0.6) is 5.75 Å². The van der Waals surface area contributed by atoms with Gasteiger partial charge in [0.05, 0.1) is 11.3 Å². The Morgan fingerprint density at radius 2 is 1.82 bits per heavy atom. The average Bonchev–Trinajstić information content (AvgIpc) is 2.39. The van der Waals surface area contributed by atoms with Crippen molar-refractivity contribution in [2.75, 3.05) is 5.73 Å². The van der Waals surface area contributed by atoms with Gasteiger partial charge in [0.25, 0.3) is 0 Å². The van der Waals surface area contributed by atoms with E-state index < -0.39 is 0 Å². The summed E-state index contributed by atoms with van der Waals surface area (Å²) in [6.45, 7) is 0.444. The first-order chi connectivity index (χ1) is 8.31. The Hall–Kier alpha value is -2.47. The maximum atomic E-state index is 8.84. The van der Waals surface area contributed by atoms with E-state index >= 15 is 0 Å². The molecule has 0 aromatic heterocycles. The molecule has 2 aromatic carbocycles. The van der Waals surface area contributed by atoms with Crippen LogP contribution in [0.15, 0.2) is 48.5 Å². The molecule has 0 unspecified atom stereocenters. The van der Waals surface area contributed by atoms with Crippen LogP contribution in [-0.2, 0) is 6.61 Å².